The van der Waals surface area contributed by atoms with Gasteiger partial charge in [-0.2, -0.15) is 0 Å². The molecule has 4 rings (SSSR count). The van der Waals surface area contributed by atoms with Crippen LogP contribution in [-0.4, -0.2) is 28.6 Å². The van der Waals surface area contributed by atoms with Crippen LogP contribution in [0.3, 0.4) is 0 Å². The second kappa shape index (κ2) is 11.9. The van der Waals surface area contributed by atoms with Gasteiger partial charge in [0.1, 0.15) is 11.6 Å². The molecule has 0 aliphatic carbocycles. The van der Waals surface area contributed by atoms with E-state index in [0.29, 0.717) is 19.6 Å². The van der Waals surface area contributed by atoms with Crippen molar-refractivity contribution in [2.45, 2.75) is 46.1 Å². The number of carbonyl (C=O) groups is 1. The van der Waals surface area contributed by atoms with Gasteiger partial charge in [0, 0.05) is 24.5 Å². The molecule has 1 heterocycles. The zero-order valence-electron chi connectivity index (χ0n) is 20.4. The summed E-state index contributed by atoms with van der Waals surface area (Å²) in [7, 11) is 0. The lowest BCUT2D eigenvalue weighted by molar-refractivity contribution is -0.120. The largest absolute Gasteiger partial charge is 0.494 e. The van der Waals surface area contributed by atoms with Crippen molar-refractivity contribution in [1.29, 1.82) is 0 Å². The van der Waals surface area contributed by atoms with Gasteiger partial charge in [0.2, 0.25) is 5.91 Å². The van der Waals surface area contributed by atoms with Crippen LogP contribution in [0.2, 0.25) is 5.02 Å². The Labute approximate surface area is 212 Å². The monoisotopic (exact) mass is 489 g/mol. The maximum atomic E-state index is 12.2. The summed E-state index contributed by atoms with van der Waals surface area (Å²) in [6.45, 7) is 6.06. The molecule has 5 nitrogen and oxygen atoms in total. The topological polar surface area (TPSA) is 56.1 Å². The SMILES string of the molecule is Cc1cc(OCCCn2c(CCCNC(=O)Cc3ccccc3)nc3ccccc32)cc(C)c1Cl. The summed E-state index contributed by atoms with van der Waals surface area (Å²) in [6.07, 6.45) is 2.91. The first-order valence-electron chi connectivity index (χ1n) is 12.2. The number of ether oxygens (including phenoxy) is 1. The van der Waals surface area contributed by atoms with Crippen LogP contribution in [0.25, 0.3) is 11.0 Å². The lowest BCUT2D eigenvalue weighted by Crippen LogP contribution is -2.26. The van der Waals surface area contributed by atoms with E-state index >= 15 is 0 Å². The molecule has 6 heteroatoms. The van der Waals surface area contributed by atoms with E-state index in [-0.39, 0.29) is 5.91 Å². The van der Waals surface area contributed by atoms with Crippen LogP contribution < -0.4 is 10.1 Å². The lowest BCUT2D eigenvalue weighted by Gasteiger charge is -2.12. The van der Waals surface area contributed by atoms with Gasteiger partial charge in [0.15, 0.2) is 0 Å². The molecule has 3 aromatic carbocycles. The van der Waals surface area contributed by atoms with Gasteiger partial charge < -0.3 is 14.6 Å². The van der Waals surface area contributed by atoms with E-state index in [4.69, 9.17) is 21.3 Å². The van der Waals surface area contributed by atoms with Gasteiger partial charge in [0.05, 0.1) is 24.1 Å². The minimum Gasteiger partial charge on any atom is -0.494 e. The molecule has 0 radical (unpaired) electrons. The highest BCUT2D eigenvalue weighted by molar-refractivity contribution is 6.32. The third kappa shape index (κ3) is 6.64. The molecule has 0 unspecified atom stereocenters. The van der Waals surface area contributed by atoms with Gasteiger partial charge in [-0.25, -0.2) is 4.98 Å². The fourth-order valence-electron chi connectivity index (χ4n) is 4.29. The minimum atomic E-state index is 0.0505. The van der Waals surface area contributed by atoms with Gasteiger partial charge in [-0.3, -0.25) is 4.79 Å². The number of benzene rings is 3. The number of para-hydroxylation sites is 2. The number of carbonyl (C=O) groups excluding carboxylic acids is 1. The summed E-state index contributed by atoms with van der Waals surface area (Å²) in [4.78, 5) is 17.1. The lowest BCUT2D eigenvalue weighted by atomic mass is 10.1. The number of nitrogens with zero attached hydrogens (tertiary/aromatic N) is 2. The first kappa shape index (κ1) is 24.8. The molecule has 182 valence electrons. The maximum Gasteiger partial charge on any atom is 0.224 e. The Kier molecular flexibility index (Phi) is 8.43. The Morgan fingerprint density at radius 3 is 2.49 bits per heavy atom. The molecule has 0 fully saturated rings. The fourth-order valence-corrected chi connectivity index (χ4v) is 4.40. The second-order valence-electron chi connectivity index (χ2n) is 8.86. The van der Waals surface area contributed by atoms with Crippen LogP contribution in [0, 0.1) is 13.8 Å². The summed E-state index contributed by atoms with van der Waals surface area (Å²) < 4.78 is 8.29. The third-order valence-corrected chi connectivity index (χ3v) is 6.64. The van der Waals surface area contributed by atoms with Crippen molar-refractivity contribution in [3.05, 3.63) is 94.3 Å². The second-order valence-corrected chi connectivity index (χ2v) is 9.24. The molecule has 0 bridgehead atoms. The number of hydrogen-bond donors (Lipinski definition) is 1. The number of hydrogen-bond acceptors (Lipinski definition) is 3. The van der Waals surface area contributed by atoms with Crippen molar-refractivity contribution >= 4 is 28.5 Å². The maximum absolute atomic E-state index is 12.2. The molecular formula is C29H32ClN3O2. The van der Waals surface area contributed by atoms with Gasteiger partial charge in [0.25, 0.3) is 0 Å². The van der Waals surface area contributed by atoms with E-state index in [2.05, 4.69) is 16.0 Å². The fraction of sp³-hybridized carbons (Fsp3) is 0.310. The molecule has 0 saturated carbocycles. The summed E-state index contributed by atoms with van der Waals surface area (Å²) in [6, 6.07) is 22.0. The summed E-state index contributed by atoms with van der Waals surface area (Å²) in [5.41, 5.74) is 5.22. The van der Waals surface area contributed by atoms with Crippen molar-refractivity contribution in [3.8, 4) is 5.75 Å². The Bertz CT molecular complexity index is 1260. The van der Waals surface area contributed by atoms with Crippen molar-refractivity contribution in [2.24, 2.45) is 0 Å². The van der Waals surface area contributed by atoms with Crippen molar-refractivity contribution in [1.82, 2.24) is 14.9 Å². The van der Waals surface area contributed by atoms with Gasteiger partial charge >= 0.3 is 0 Å². The van der Waals surface area contributed by atoms with Crippen LogP contribution in [0.5, 0.6) is 5.75 Å². The zero-order chi connectivity index (χ0) is 24.6. The molecule has 1 amide bonds. The van der Waals surface area contributed by atoms with E-state index in [1.807, 2.05) is 74.5 Å². The van der Waals surface area contributed by atoms with Gasteiger partial charge in [-0.15, -0.1) is 0 Å². The highest BCUT2D eigenvalue weighted by Crippen LogP contribution is 2.26. The van der Waals surface area contributed by atoms with Crippen LogP contribution in [0.15, 0.2) is 66.7 Å². The van der Waals surface area contributed by atoms with Crippen LogP contribution in [0.4, 0.5) is 0 Å². The predicted octanol–water partition coefficient (Wildman–Crippen LogP) is 6.07. The Morgan fingerprint density at radius 1 is 1.00 bits per heavy atom. The molecular weight excluding hydrogens is 458 g/mol. The molecule has 0 aliphatic rings. The van der Waals surface area contributed by atoms with Crippen LogP contribution in [-0.2, 0) is 24.2 Å². The van der Waals surface area contributed by atoms with Crippen molar-refractivity contribution in [3.63, 3.8) is 0 Å². The number of halogens is 1. The molecule has 0 atom stereocenters. The Balaban J connectivity index is 1.31. The molecule has 0 saturated heterocycles. The van der Waals surface area contributed by atoms with E-state index in [1.54, 1.807) is 0 Å². The molecule has 1 N–H and O–H groups in total. The number of rotatable bonds is 11. The van der Waals surface area contributed by atoms with Crippen LogP contribution in [0.1, 0.15) is 35.4 Å². The summed E-state index contributed by atoms with van der Waals surface area (Å²) in [5, 5.41) is 3.83. The van der Waals surface area contributed by atoms with E-state index in [1.165, 1.54) is 0 Å². The molecule has 35 heavy (non-hydrogen) atoms. The van der Waals surface area contributed by atoms with Crippen molar-refractivity contribution in [2.75, 3.05) is 13.2 Å². The predicted molar refractivity (Wildman–Crippen MR) is 142 cm³/mol. The normalized spacial score (nSPS) is 11.1. The number of aryl methyl sites for hydroxylation is 4. The van der Waals surface area contributed by atoms with E-state index < -0.39 is 0 Å². The standard InChI is InChI=1S/C29H32ClN3O2/c1-21-18-24(19-22(2)29(21)30)35-17-9-16-33-26-13-7-6-12-25(26)32-27(33)14-8-15-31-28(34)20-23-10-4-3-5-11-23/h3-7,10-13,18-19H,8-9,14-17,20H2,1-2H3,(H,31,34). The Morgan fingerprint density at radius 2 is 1.71 bits per heavy atom. The van der Waals surface area contributed by atoms with Gasteiger partial charge in [-0.05, 0) is 67.6 Å². The molecule has 1 aromatic heterocycles. The highest BCUT2D eigenvalue weighted by atomic mass is 35.5. The third-order valence-electron chi connectivity index (χ3n) is 6.05. The molecule has 0 spiro atoms. The number of fused-ring (bicyclic) bond motifs is 1. The average Bonchev–Trinajstić information content (AvgIpc) is 3.21. The number of nitrogens with one attached hydrogen (secondary N) is 1. The first-order valence-corrected chi connectivity index (χ1v) is 12.5. The van der Waals surface area contributed by atoms with Gasteiger partial charge in [-0.1, -0.05) is 54.1 Å². The quantitative estimate of drug-likeness (QED) is 0.260. The number of aromatic nitrogens is 2. The Hall–Kier alpha value is -3.31. The van der Waals surface area contributed by atoms with E-state index in [0.717, 1.165) is 70.1 Å². The van der Waals surface area contributed by atoms with Crippen molar-refractivity contribution < 1.29 is 9.53 Å². The summed E-state index contributed by atoms with van der Waals surface area (Å²) in [5.74, 6) is 1.95. The minimum absolute atomic E-state index is 0.0505. The zero-order valence-corrected chi connectivity index (χ0v) is 21.1. The smallest absolute Gasteiger partial charge is 0.224 e. The first-order chi connectivity index (χ1) is 17.0. The van der Waals surface area contributed by atoms with E-state index in [9.17, 15) is 4.79 Å². The molecule has 0 aliphatic heterocycles. The van der Waals surface area contributed by atoms with Crippen LogP contribution >= 0.6 is 11.6 Å². The number of amides is 1. The number of imidazole rings is 1. The average molecular weight is 490 g/mol. The summed E-state index contributed by atoms with van der Waals surface area (Å²) >= 11 is 6.27. The highest BCUT2D eigenvalue weighted by Gasteiger charge is 2.11. The molecule has 4 aromatic rings.